The SMILES string of the molecule is CN(C)c1ccc2c(-c3ccccc3)nn(C(COC=O)c3cscn3)c2c1. The Kier molecular flexibility index (Phi) is 5.08. The summed E-state index contributed by atoms with van der Waals surface area (Å²) in [5.41, 5.74) is 6.58. The first-order valence-corrected chi connectivity index (χ1v) is 9.81. The predicted molar refractivity (Wildman–Crippen MR) is 112 cm³/mol. The number of rotatable bonds is 7. The van der Waals surface area contributed by atoms with Gasteiger partial charge in [-0.05, 0) is 18.2 Å². The van der Waals surface area contributed by atoms with Gasteiger partial charge in [0.2, 0.25) is 0 Å². The molecular weight excluding hydrogens is 372 g/mol. The fourth-order valence-corrected chi connectivity index (χ4v) is 3.85. The third-order valence-corrected chi connectivity index (χ3v) is 5.27. The molecule has 0 amide bonds. The zero-order valence-electron chi connectivity index (χ0n) is 15.6. The van der Waals surface area contributed by atoms with E-state index >= 15 is 0 Å². The quantitative estimate of drug-likeness (QED) is 0.445. The van der Waals surface area contributed by atoms with Crippen LogP contribution in [0.3, 0.4) is 0 Å². The number of thiazole rings is 1. The minimum absolute atomic E-state index is 0.171. The minimum atomic E-state index is -0.297. The average molecular weight is 392 g/mol. The zero-order valence-corrected chi connectivity index (χ0v) is 16.5. The molecule has 0 N–H and O–H groups in total. The summed E-state index contributed by atoms with van der Waals surface area (Å²) in [4.78, 5) is 17.4. The molecule has 1 atom stereocenters. The fraction of sp³-hybridized carbons (Fsp3) is 0.190. The Balaban J connectivity index is 1.95. The maximum Gasteiger partial charge on any atom is 0.293 e. The number of benzene rings is 2. The summed E-state index contributed by atoms with van der Waals surface area (Å²) in [6.45, 7) is 0.638. The van der Waals surface area contributed by atoms with Crippen LogP contribution in [0.1, 0.15) is 11.7 Å². The van der Waals surface area contributed by atoms with Crippen molar-refractivity contribution in [3.8, 4) is 11.3 Å². The van der Waals surface area contributed by atoms with E-state index in [2.05, 4.69) is 28.1 Å². The highest BCUT2D eigenvalue weighted by atomic mass is 32.1. The molecule has 4 aromatic rings. The number of aromatic nitrogens is 3. The average Bonchev–Trinajstić information content (AvgIpc) is 3.37. The topological polar surface area (TPSA) is 60.2 Å². The van der Waals surface area contributed by atoms with Gasteiger partial charge in [-0.2, -0.15) is 5.10 Å². The number of hydrogen-bond donors (Lipinski definition) is 0. The fourth-order valence-electron chi connectivity index (χ4n) is 3.25. The molecule has 142 valence electrons. The summed E-state index contributed by atoms with van der Waals surface area (Å²) >= 11 is 1.51. The molecule has 0 aliphatic rings. The molecule has 0 saturated heterocycles. The maximum absolute atomic E-state index is 10.9. The van der Waals surface area contributed by atoms with Crippen LogP contribution in [0.2, 0.25) is 0 Å². The highest BCUT2D eigenvalue weighted by Gasteiger charge is 2.23. The number of nitrogens with zero attached hydrogens (tertiary/aromatic N) is 4. The Morgan fingerprint density at radius 1 is 1.21 bits per heavy atom. The molecule has 0 aliphatic heterocycles. The Hall–Kier alpha value is -3.19. The lowest BCUT2D eigenvalue weighted by Gasteiger charge is -2.17. The van der Waals surface area contributed by atoms with Gasteiger partial charge in [0.25, 0.3) is 6.47 Å². The lowest BCUT2D eigenvalue weighted by Crippen LogP contribution is -2.18. The molecule has 0 spiro atoms. The van der Waals surface area contributed by atoms with Crippen molar-refractivity contribution in [2.75, 3.05) is 25.6 Å². The molecule has 0 aliphatic carbocycles. The van der Waals surface area contributed by atoms with Gasteiger partial charge in [0.15, 0.2) is 0 Å². The summed E-state index contributed by atoms with van der Waals surface area (Å²) in [7, 11) is 4.01. The van der Waals surface area contributed by atoms with Crippen molar-refractivity contribution in [3.63, 3.8) is 0 Å². The summed E-state index contributed by atoms with van der Waals surface area (Å²) in [6.07, 6.45) is 0. The van der Waals surface area contributed by atoms with Gasteiger partial charge in [0.1, 0.15) is 18.3 Å². The minimum Gasteiger partial charge on any atom is -0.465 e. The number of anilines is 1. The molecule has 7 heteroatoms. The van der Waals surface area contributed by atoms with Gasteiger partial charge >= 0.3 is 0 Å². The number of carbonyl (C=O) groups excluding carboxylic acids is 1. The number of ether oxygens (including phenoxy) is 1. The molecule has 6 nitrogen and oxygen atoms in total. The predicted octanol–water partition coefficient (Wildman–Crippen LogP) is 3.99. The second-order valence-corrected chi connectivity index (χ2v) is 7.33. The first-order chi connectivity index (χ1) is 13.7. The second-order valence-electron chi connectivity index (χ2n) is 6.61. The van der Waals surface area contributed by atoms with E-state index in [1.807, 2.05) is 54.5 Å². The monoisotopic (exact) mass is 392 g/mol. The smallest absolute Gasteiger partial charge is 0.293 e. The van der Waals surface area contributed by atoms with E-state index in [-0.39, 0.29) is 12.6 Å². The highest BCUT2D eigenvalue weighted by Crippen LogP contribution is 2.33. The van der Waals surface area contributed by atoms with Gasteiger partial charge < -0.3 is 9.64 Å². The van der Waals surface area contributed by atoms with Crippen LogP contribution >= 0.6 is 11.3 Å². The third-order valence-electron chi connectivity index (χ3n) is 4.66. The lowest BCUT2D eigenvalue weighted by molar-refractivity contribution is -0.129. The molecule has 0 radical (unpaired) electrons. The molecule has 0 bridgehead atoms. The maximum atomic E-state index is 10.9. The zero-order chi connectivity index (χ0) is 19.5. The molecule has 0 saturated carbocycles. The van der Waals surface area contributed by atoms with Crippen molar-refractivity contribution in [1.82, 2.24) is 14.8 Å². The number of hydrogen-bond acceptors (Lipinski definition) is 6. The van der Waals surface area contributed by atoms with E-state index in [0.717, 1.165) is 33.5 Å². The van der Waals surface area contributed by atoms with Gasteiger partial charge in [0, 0.05) is 36.1 Å². The molecule has 0 fully saturated rings. The molecule has 1 unspecified atom stereocenters. The van der Waals surface area contributed by atoms with E-state index in [9.17, 15) is 4.79 Å². The summed E-state index contributed by atoms with van der Waals surface area (Å²) < 4.78 is 7.05. The van der Waals surface area contributed by atoms with Gasteiger partial charge in [-0.25, -0.2) is 4.98 Å². The van der Waals surface area contributed by atoms with E-state index in [0.29, 0.717) is 6.47 Å². The first kappa shape index (κ1) is 18.2. The lowest BCUT2D eigenvalue weighted by atomic mass is 10.1. The normalized spacial score (nSPS) is 12.1. The Morgan fingerprint density at radius 3 is 2.71 bits per heavy atom. The summed E-state index contributed by atoms with van der Waals surface area (Å²) in [5.74, 6) is 0. The van der Waals surface area contributed by atoms with Crippen LogP contribution in [0.4, 0.5) is 5.69 Å². The second kappa shape index (κ2) is 7.82. The van der Waals surface area contributed by atoms with E-state index < -0.39 is 0 Å². The Labute approximate surface area is 167 Å². The van der Waals surface area contributed by atoms with Crippen LogP contribution in [0, 0.1) is 0 Å². The van der Waals surface area contributed by atoms with Gasteiger partial charge in [-0.1, -0.05) is 30.3 Å². The van der Waals surface area contributed by atoms with Gasteiger partial charge in [-0.3, -0.25) is 9.48 Å². The van der Waals surface area contributed by atoms with Crippen LogP contribution in [-0.2, 0) is 9.53 Å². The largest absolute Gasteiger partial charge is 0.465 e. The van der Waals surface area contributed by atoms with Gasteiger partial charge in [-0.15, -0.1) is 11.3 Å². The Bertz CT molecular complexity index is 1070. The molecule has 4 rings (SSSR count). The van der Waals surface area contributed by atoms with E-state index in [1.54, 1.807) is 5.51 Å². The van der Waals surface area contributed by atoms with Crippen LogP contribution < -0.4 is 4.90 Å². The standard InChI is InChI=1S/C21H20N4O2S/c1-24(2)16-8-9-17-19(10-16)25(23-21(17)15-6-4-3-5-7-15)20(11-27-14-26)18-12-28-13-22-18/h3-10,12-14,20H,11H2,1-2H3. The molecular formula is C21H20N4O2S. The van der Waals surface area contributed by atoms with E-state index in [1.165, 1.54) is 11.3 Å². The van der Waals surface area contributed by atoms with Crippen LogP contribution in [0.5, 0.6) is 0 Å². The van der Waals surface area contributed by atoms with E-state index in [4.69, 9.17) is 9.84 Å². The van der Waals surface area contributed by atoms with Crippen molar-refractivity contribution < 1.29 is 9.53 Å². The van der Waals surface area contributed by atoms with Crippen molar-refractivity contribution in [2.45, 2.75) is 6.04 Å². The third kappa shape index (κ3) is 3.36. The molecule has 2 aromatic heterocycles. The highest BCUT2D eigenvalue weighted by molar-refractivity contribution is 7.07. The van der Waals surface area contributed by atoms with Crippen molar-refractivity contribution in [1.29, 1.82) is 0 Å². The van der Waals surface area contributed by atoms with Gasteiger partial charge in [0.05, 0.1) is 16.7 Å². The van der Waals surface area contributed by atoms with Crippen molar-refractivity contribution in [2.24, 2.45) is 0 Å². The summed E-state index contributed by atoms with van der Waals surface area (Å²) in [5, 5.41) is 7.94. The first-order valence-electron chi connectivity index (χ1n) is 8.87. The summed E-state index contributed by atoms with van der Waals surface area (Å²) in [6, 6.07) is 16.1. The van der Waals surface area contributed by atoms with Crippen LogP contribution in [0.25, 0.3) is 22.2 Å². The molecule has 28 heavy (non-hydrogen) atoms. The molecule has 2 heterocycles. The molecule has 2 aromatic carbocycles. The van der Waals surface area contributed by atoms with Crippen molar-refractivity contribution in [3.05, 3.63) is 65.1 Å². The van der Waals surface area contributed by atoms with Crippen LogP contribution in [-0.4, -0.2) is 41.9 Å². The van der Waals surface area contributed by atoms with Crippen LogP contribution in [0.15, 0.2) is 59.4 Å². The number of carbonyl (C=O) groups is 1. The number of fused-ring (bicyclic) bond motifs is 1. The Morgan fingerprint density at radius 2 is 2.04 bits per heavy atom. The van der Waals surface area contributed by atoms with Crippen molar-refractivity contribution >= 4 is 34.4 Å².